The van der Waals surface area contributed by atoms with Crippen molar-refractivity contribution in [1.82, 2.24) is 4.57 Å². The van der Waals surface area contributed by atoms with E-state index in [9.17, 15) is 0 Å². The maximum atomic E-state index is 3.88. The third kappa shape index (κ3) is 8.01. The van der Waals surface area contributed by atoms with Crippen molar-refractivity contribution in [3.05, 3.63) is 266 Å². The molecule has 8 aromatic carbocycles. The van der Waals surface area contributed by atoms with Crippen LogP contribution in [0.3, 0.4) is 0 Å². The van der Waals surface area contributed by atoms with Gasteiger partial charge < -0.3 is 9.88 Å². The van der Waals surface area contributed by atoms with Crippen molar-refractivity contribution >= 4 is 38.8 Å². The number of hydrogen-bond donors (Lipinski definition) is 1. The molecule has 2 aliphatic carbocycles. The summed E-state index contributed by atoms with van der Waals surface area (Å²) in [6, 6.07) is 68.0. The Morgan fingerprint density at radius 3 is 1.82 bits per heavy atom. The van der Waals surface area contributed by atoms with Crippen LogP contribution >= 0.6 is 0 Å². The second kappa shape index (κ2) is 17.7. The molecule has 0 radical (unpaired) electrons. The molecule has 11 rings (SSSR count). The first-order valence-electron chi connectivity index (χ1n) is 22.6. The molecule has 1 aromatic heterocycles. The van der Waals surface area contributed by atoms with E-state index in [-0.39, 0.29) is 5.41 Å². The predicted molar refractivity (Wildman–Crippen MR) is 279 cm³/mol. The van der Waals surface area contributed by atoms with Crippen LogP contribution in [0, 0.1) is 0 Å². The van der Waals surface area contributed by atoms with Gasteiger partial charge in [0.05, 0.1) is 11.0 Å². The number of fused-ring (bicyclic) bond motifs is 6. The number of anilines is 2. The molecule has 1 atom stereocenters. The van der Waals surface area contributed by atoms with Crippen LogP contribution in [-0.4, -0.2) is 4.57 Å². The van der Waals surface area contributed by atoms with E-state index in [1.165, 1.54) is 77.6 Å². The molecule has 1 heterocycles. The van der Waals surface area contributed by atoms with Crippen molar-refractivity contribution in [2.24, 2.45) is 0 Å². The van der Waals surface area contributed by atoms with Crippen molar-refractivity contribution in [1.29, 1.82) is 0 Å². The van der Waals surface area contributed by atoms with E-state index in [4.69, 9.17) is 0 Å². The molecule has 0 saturated heterocycles. The zero-order chi connectivity index (χ0) is 44.3. The molecule has 0 bridgehead atoms. The largest absolute Gasteiger partial charge is 0.356 e. The van der Waals surface area contributed by atoms with Crippen LogP contribution in [0.5, 0.6) is 0 Å². The van der Waals surface area contributed by atoms with Crippen molar-refractivity contribution in [3.63, 3.8) is 0 Å². The molecule has 0 aliphatic heterocycles. The molecule has 2 heteroatoms. The molecule has 2 aliphatic rings. The molecule has 314 valence electrons. The van der Waals surface area contributed by atoms with Crippen LogP contribution in [0.4, 0.5) is 11.4 Å². The minimum atomic E-state index is 0.0157. The van der Waals surface area contributed by atoms with Crippen LogP contribution in [-0.2, 0) is 5.41 Å². The molecule has 0 fully saturated rings. The Labute approximate surface area is 383 Å². The maximum absolute atomic E-state index is 3.88. The minimum Gasteiger partial charge on any atom is -0.356 e. The molecule has 0 saturated carbocycles. The number of aromatic nitrogens is 1. The van der Waals surface area contributed by atoms with Crippen LogP contribution in [0.25, 0.3) is 66.4 Å². The van der Waals surface area contributed by atoms with E-state index in [1.807, 2.05) is 12.2 Å². The van der Waals surface area contributed by atoms with Crippen LogP contribution in [0.2, 0.25) is 0 Å². The number of nitrogens with one attached hydrogen (secondary N) is 1. The summed E-state index contributed by atoms with van der Waals surface area (Å²) in [5, 5.41) is 6.10. The summed E-state index contributed by atoms with van der Waals surface area (Å²) < 4.78 is 2.38. The first kappa shape index (κ1) is 41.1. The van der Waals surface area contributed by atoms with E-state index >= 15 is 0 Å². The van der Waals surface area contributed by atoms with Gasteiger partial charge in [0.1, 0.15) is 0 Å². The van der Waals surface area contributed by atoms with Gasteiger partial charge in [0.25, 0.3) is 0 Å². The van der Waals surface area contributed by atoms with Gasteiger partial charge in [-0.3, -0.25) is 0 Å². The SMILES string of the molecule is C1=CCC(c2ccc(-c3ccc4c(c3)c3cc(-c5ccccc5)ccc3n4-c3ccccc3)cc2)C=C1.C=C/C=C(\C=C)c1ccc(Nc2ccc3c(c2)C(C)(C)c2ccccc2-3)cc1. The highest BCUT2D eigenvalue weighted by atomic mass is 15.0. The van der Waals surface area contributed by atoms with Gasteiger partial charge in [0.2, 0.25) is 0 Å². The van der Waals surface area contributed by atoms with E-state index in [2.05, 4.69) is 249 Å². The molecular weight excluding hydrogens is 785 g/mol. The van der Waals surface area contributed by atoms with E-state index in [0.29, 0.717) is 5.92 Å². The van der Waals surface area contributed by atoms with Crippen LogP contribution in [0.15, 0.2) is 244 Å². The summed E-state index contributed by atoms with van der Waals surface area (Å²) in [7, 11) is 0. The lowest BCUT2D eigenvalue weighted by Gasteiger charge is -2.22. The smallest absolute Gasteiger partial charge is 0.0541 e. The number of benzene rings is 8. The van der Waals surface area contributed by atoms with E-state index in [0.717, 1.165) is 28.9 Å². The Morgan fingerprint density at radius 1 is 0.569 bits per heavy atom. The normalized spacial score (nSPS) is 14.6. The summed E-state index contributed by atoms with van der Waals surface area (Å²) in [4.78, 5) is 0. The lowest BCUT2D eigenvalue weighted by Crippen LogP contribution is -2.15. The molecule has 9 aromatic rings. The van der Waals surface area contributed by atoms with Gasteiger partial charge in [-0.2, -0.15) is 0 Å². The second-order valence-electron chi connectivity index (χ2n) is 17.5. The molecule has 1 unspecified atom stereocenters. The standard InChI is InChI=1S/C36H27N.C27H25N/c1-4-10-26(11-5-1)28-16-18-29(19-17-28)31-21-23-36-34(25-31)33-24-30(27-12-6-2-7-13-27)20-22-35(33)37(36)32-14-8-3-9-15-32;1-5-9-19(6-2)20-12-14-21(15-13-20)28-22-16-17-24-23-10-7-8-11-25(23)27(3,4)26(24)18-22/h1-10,12-26H,11H2;5-18,28H,1-2H2,3-4H3/b;19-9+. The topological polar surface area (TPSA) is 17.0 Å². The number of hydrogen-bond acceptors (Lipinski definition) is 1. The fraction of sp³-hybridized carbons (Fsp3) is 0.0794. The highest BCUT2D eigenvalue weighted by Gasteiger charge is 2.35. The van der Waals surface area contributed by atoms with Gasteiger partial charge in [-0.1, -0.05) is 197 Å². The fourth-order valence-electron chi connectivity index (χ4n) is 9.72. The highest BCUT2D eigenvalue weighted by molar-refractivity contribution is 6.11. The average molecular weight is 837 g/mol. The summed E-state index contributed by atoms with van der Waals surface area (Å²) in [6.45, 7) is 12.3. The molecule has 0 amide bonds. The average Bonchev–Trinajstić information content (AvgIpc) is 3.81. The zero-order valence-electron chi connectivity index (χ0n) is 37.1. The van der Waals surface area contributed by atoms with E-state index in [1.54, 1.807) is 6.08 Å². The summed E-state index contributed by atoms with van der Waals surface area (Å²) in [6.07, 6.45) is 15.5. The number of rotatable bonds is 9. The van der Waals surface area contributed by atoms with Crippen molar-refractivity contribution < 1.29 is 0 Å². The Morgan fingerprint density at radius 2 is 1.17 bits per heavy atom. The number of para-hydroxylation sites is 1. The Bertz CT molecular complexity index is 3280. The Kier molecular flexibility index (Phi) is 11.2. The van der Waals surface area contributed by atoms with Crippen molar-refractivity contribution in [3.8, 4) is 39.1 Å². The predicted octanol–water partition coefficient (Wildman–Crippen LogP) is 17.2. The molecule has 1 N–H and O–H groups in total. The third-order valence-electron chi connectivity index (χ3n) is 13.1. The van der Waals surface area contributed by atoms with Crippen LogP contribution < -0.4 is 5.32 Å². The summed E-state index contributed by atoms with van der Waals surface area (Å²) >= 11 is 0. The van der Waals surface area contributed by atoms with Gasteiger partial charge in [-0.15, -0.1) is 0 Å². The van der Waals surface area contributed by atoms with Gasteiger partial charge in [-0.25, -0.2) is 0 Å². The zero-order valence-corrected chi connectivity index (χ0v) is 37.1. The lowest BCUT2D eigenvalue weighted by atomic mass is 9.82. The molecular formula is C63H52N2. The van der Waals surface area contributed by atoms with Crippen LogP contribution in [0.1, 0.15) is 48.4 Å². The third-order valence-corrected chi connectivity index (χ3v) is 13.1. The molecule has 0 spiro atoms. The quantitative estimate of drug-likeness (QED) is 0.143. The van der Waals surface area contributed by atoms with Crippen molar-refractivity contribution in [2.75, 3.05) is 5.32 Å². The van der Waals surface area contributed by atoms with Crippen molar-refractivity contribution in [2.45, 2.75) is 31.6 Å². The van der Waals surface area contributed by atoms with Gasteiger partial charge >= 0.3 is 0 Å². The van der Waals surface area contributed by atoms with Gasteiger partial charge in [-0.05, 0) is 128 Å². The lowest BCUT2D eigenvalue weighted by molar-refractivity contribution is 0.660. The molecule has 2 nitrogen and oxygen atoms in total. The second-order valence-corrected chi connectivity index (χ2v) is 17.5. The number of nitrogens with zero attached hydrogens (tertiary/aromatic N) is 1. The first-order chi connectivity index (χ1) is 31.9. The number of allylic oxidation sites excluding steroid dienone is 8. The summed E-state index contributed by atoms with van der Waals surface area (Å²) in [5.74, 6) is 0.474. The Hall–Kier alpha value is -7.94. The minimum absolute atomic E-state index is 0.0157. The fourth-order valence-corrected chi connectivity index (χ4v) is 9.72. The maximum Gasteiger partial charge on any atom is 0.0541 e. The van der Waals surface area contributed by atoms with Gasteiger partial charge in [0, 0.05) is 39.2 Å². The Balaban J connectivity index is 0.000000160. The van der Waals surface area contributed by atoms with E-state index < -0.39 is 0 Å². The summed E-state index contributed by atoms with van der Waals surface area (Å²) in [5.41, 5.74) is 19.8. The monoisotopic (exact) mass is 836 g/mol. The first-order valence-corrected chi connectivity index (χ1v) is 22.6. The molecule has 65 heavy (non-hydrogen) atoms. The highest BCUT2D eigenvalue weighted by Crippen LogP contribution is 2.49. The van der Waals surface area contributed by atoms with Gasteiger partial charge in [0.15, 0.2) is 0 Å².